The van der Waals surface area contributed by atoms with Crippen LogP contribution in [0.25, 0.3) is 6.08 Å². The van der Waals surface area contributed by atoms with Gasteiger partial charge in [0.1, 0.15) is 0 Å². The summed E-state index contributed by atoms with van der Waals surface area (Å²) in [7, 11) is 0. The van der Waals surface area contributed by atoms with Crippen LogP contribution in [0.4, 0.5) is 0 Å². The van der Waals surface area contributed by atoms with Crippen molar-refractivity contribution in [1.29, 1.82) is 0 Å². The smallest absolute Gasteiger partial charge is 0 e. The molecular weight excluding hydrogens is 175 g/mol. The molecule has 0 spiro atoms. The minimum atomic E-state index is 0. The van der Waals surface area contributed by atoms with Crippen LogP contribution in [0.2, 0.25) is 0 Å². The molecule has 1 N–H and O–H groups in total. The van der Waals surface area contributed by atoms with E-state index in [4.69, 9.17) is 6.58 Å². The zero-order chi connectivity index (χ0) is 5.11. The number of aromatic nitrogens is 1. The van der Waals surface area contributed by atoms with Gasteiger partial charge in [0, 0.05) is 32.7 Å². The summed E-state index contributed by atoms with van der Waals surface area (Å²) in [6.45, 7) is 5.12. The normalized spacial score (nSPS) is 7.50. The molecule has 0 unspecified atom stereocenters. The minimum absolute atomic E-state index is 0. The van der Waals surface area contributed by atoms with Crippen molar-refractivity contribution < 1.29 is 32.7 Å². The van der Waals surface area contributed by atoms with E-state index in [2.05, 4.69) is 11.2 Å². The van der Waals surface area contributed by atoms with E-state index in [1.807, 2.05) is 6.07 Å². The molecule has 0 aliphatic carbocycles. The second kappa shape index (κ2) is 4.05. The average Bonchev–Trinajstić information content (AvgIpc) is 2.14. The molecule has 0 aromatic carbocycles. The fourth-order valence-corrected chi connectivity index (χ4v) is 0.395. The van der Waals surface area contributed by atoms with E-state index in [-0.39, 0.29) is 32.7 Å². The molecule has 0 aliphatic rings. The molecule has 0 fully saturated rings. The predicted octanol–water partition coefficient (Wildman–Crippen LogP) is 1.26. The molecule has 0 bridgehead atoms. The Kier molecular flexibility index (Phi) is 4.11. The molecule has 1 rings (SSSR count). The summed E-state index contributed by atoms with van der Waals surface area (Å²) in [5.74, 6) is 0. The molecule has 8 heavy (non-hydrogen) atoms. The molecule has 0 aliphatic heterocycles. The quantitative estimate of drug-likeness (QED) is 0.626. The van der Waals surface area contributed by atoms with E-state index >= 15 is 0 Å². The second-order valence-corrected chi connectivity index (χ2v) is 1.22. The first-order chi connectivity index (χ1) is 3.43. The van der Waals surface area contributed by atoms with E-state index < -0.39 is 0 Å². The molecule has 1 radical (unpaired) electrons. The van der Waals surface area contributed by atoms with Crippen molar-refractivity contribution in [2.45, 2.75) is 0 Å². The van der Waals surface area contributed by atoms with Gasteiger partial charge in [-0.25, -0.2) is 6.07 Å². The molecular formula is C6H5NY-2. The van der Waals surface area contributed by atoms with Crippen molar-refractivity contribution in [3.8, 4) is 0 Å². The Balaban J connectivity index is 0.000000490. The van der Waals surface area contributed by atoms with Crippen LogP contribution in [0, 0.1) is 12.8 Å². The van der Waals surface area contributed by atoms with Gasteiger partial charge < -0.3 is 17.6 Å². The first kappa shape index (κ1) is 8.12. The van der Waals surface area contributed by atoms with Gasteiger partial charge in [0.05, 0.1) is 0 Å². The number of rotatable bonds is 1. The summed E-state index contributed by atoms with van der Waals surface area (Å²) in [6.07, 6.45) is 6.05. The van der Waals surface area contributed by atoms with Gasteiger partial charge in [-0.2, -0.15) is 6.20 Å². The SMILES string of the molecule is [CH-]=Cc1[c-][nH]cc1.[Y]. The third-order valence-corrected chi connectivity index (χ3v) is 0.742. The van der Waals surface area contributed by atoms with Crippen molar-refractivity contribution in [3.05, 3.63) is 30.6 Å². The van der Waals surface area contributed by atoms with Crippen molar-refractivity contribution in [3.63, 3.8) is 0 Å². The summed E-state index contributed by atoms with van der Waals surface area (Å²) in [5, 5.41) is 0. The molecule has 39 valence electrons. The second-order valence-electron chi connectivity index (χ2n) is 1.22. The Labute approximate surface area is 74.1 Å². The monoisotopic (exact) mass is 180 g/mol. The summed E-state index contributed by atoms with van der Waals surface area (Å²) < 4.78 is 0. The number of nitrogens with one attached hydrogen (secondary N) is 1. The molecule has 2 heteroatoms. The van der Waals surface area contributed by atoms with Gasteiger partial charge >= 0.3 is 0 Å². The van der Waals surface area contributed by atoms with Crippen molar-refractivity contribution in [2.75, 3.05) is 0 Å². The molecule has 1 heterocycles. The molecule has 1 nitrogen and oxygen atoms in total. The van der Waals surface area contributed by atoms with Gasteiger partial charge in [-0.05, 0) is 0 Å². The van der Waals surface area contributed by atoms with E-state index in [0.717, 1.165) is 5.56 Å². The van der Waals surface area contributed by atoms with Gasteiger partial charge in [-0.3, -0.25) is 5.56 Å². The van der Waals surface area contributed by atoms with Crippen LogP contribution < -0.4 is 0 Å². The number of hydrogen-bond acceptors (Lipinski definition) is 0. The first-order valence-corrected chi connectivity index (χ1v) is 2.03. The Hall–Kier alpha value is 0.124. The van der Waals surface area contributed by atoms with Crippen LogP contribution in [0.5, 0.6) is 0 Å². The largest absolute Gasteiger partial charge is 0.472 e. The van der Waals surface area contributed by atoms with E-state index in [1.165, 1.54) is 6.08 Å². The maximum absolute atomic E-state index is 5.12. The maximum atomic E-state index is 5.12. The Morgan fingerprint density at radius 3 is 2.75 bits per heavy atom. The molecule has 0 saturated heterocycles. The maximum Gasteiger partial charge on any atom is 0 e. The fraction of sp³-hybridized carbons (Fsp3) is 0. The summed E-state index contributed by atoms with van der Waals surface area (Å²) in [4.78, 5) is 2.74. The number of H-pyrrole nitrogens is 1. The van der Waals surface area contributed by atoms with Crippen molar-refractivity contribution in [1.82, 2.24) is 4.98 Å². The zero-order valence-corrected chi connectivity index (χ0v) is 7.23. The van der Waals surface area contributed by atoms with Crippen LogP contribution in [-0.2, 0) is 32.7 Å². The molecule has 0 atom stereocenters. The van der Waals surface area contributed by atoms with Crippen molar-refractivity contribution in [2.24, 2.45) is 0 Å². The fourth-order valence-electron chi connectivity index (χ4n) is 0.395. The van der Waals surface area contributed by atoms with Gasteiger partial charge in [0.2, 0.25) is 0 Å². The first-order valence-electron chi connectivity index (χ1n) is 2.03. The summed E-state index contributed by atoms with van der Waals surface area (Å²) >= 11 is 0. The molecule has 0 amide bonds. The van der Waals surface area contributed by atoms with E-state index in [0.29, 0.717) is 0 Å². The standard InChI is InChI=1S/C6H5N.Y/c1-2-6-3-4-7-5-6;/h1-4,7H;/q-2;. The third-order valence-electron chi connectivity index (χ3n) is 0.742. The average molecular weight is 180 g/mol. The zero-order valence-electron chi connectivity index (χ0n) is 4.39. The van der Waals surface area contributed by atoms with Gasteiger partial charge in [-0.1, -0.05) is 0 Å². The van der Waals surface area contributed by atoms with Crippen LogP contribution >= 0.6 is 0 Å². The van der Waals surface area contributed by atoms with E-state index in [1.54, 1.807) is 6.20 Å². The Morgan fingerprint density at radius 2 is 2.50 bits per heavy atom. The number of aromatic amines is 1. The molecule has 1 aromatic rings. The van der Waals surface area contributed by atoms with Crippen LogP contribution in [0.15, 0.2) is 12.3 Å². The minimum Gasteiger partial charge on any atom is -0.472 e. The molecule has 1 aromatic heterocycles. The van der Waals surface area contributed by atoms with Crippen molar-refractivity contribution >= 4 is 6.08 Å². The van der Waals surface area contributed by atoms with Crippen LogP contribution in [0.1, 0.15) is 5.56 Å². The number of hydrogen-bond donors (Lipinski definition) is 1. The topological polar surface area (TPSA) is 15.8 Å². The Morgan fingerprint density at radius 1 is 1.75 bits per heavy atom. The van der Waals surface area contributed by atoms with Gasteiger partial charge in [0.15, 0.2) is 0 Å². The van der Waals surface area contributed by atoms with Crippen LogP contribution in [0.3, 0.4) is 0 Å². The third kappa shape index (κ3) is 1.93. The van der Waals surface area contributed by atoms with Crippen LogP contribution in [-0.4, -0.2) is 4.98 Å². The summed E-state index contributed by atoms with van der Waals surface area (Å²) in [5.41, 5.74) is 0.903. The summed E-state index contributed by atoms with van der Waals surface area (Å²) in [6, 6.07) is 1.85. The predicted molar refractivity (Wildman–Crippen MR) is 28.4 cm³/mol. The Bertz CT molecular complexity index is 144. The van der Waals surface area contributed by atoms with E-state index in [9.17, 15) is 0 Å². The van der Waals surface area contributed by atoms with Gasteiger partial charge in [0.25, 0.3) is 0 Å². The van der Waals surface area contributed by atoms with Gasteiger partial charge in [-0.15, -0.1) is 6.20 Å². The molecule has 0 saturated carbocycles.